The van der Waals surface area contributed by atoms with Crippen LogP contribution in [0.2, 0.25) is 0 Å². The molecule has 0 spiro atoms. The van der Waals surface area contributed by atoms with Gasteiger partial charge >= 0.3 is 0 Å². The lowest BCUT2D eigenvalue weighted by atomic mass is 10.1. The maximum Gasteiger partial charge on any atom is 0.299 e. The number of benzene rings is 3. The van der Waals surface area contributed by atoms with E-state index < -0.39 is 15.5 Å². The van der Waals surface area contributed by atoms with E-state index in [1.807, 2.05) is 6.07 Å². The van der Waals surface area contributed by atoms with E-state index in [9.17, 15) is 25.0 Å². The lowest BCUT2D eigenvalue weighted by molar-refractivity contribution is -0.393. The van der Waals surface area contributed by atoms with E-state index in [1.54, 1.807) is 24.3 Å². The minimum Gasteiger partial charge on any atom is -0.350 e. The van der Waals surface area contributed by atoms with Gasteiger partial charge in [0, 0.05) is 63.0 Å². The van der Waals surface area contributed by atoms with Gasteiger partial charge in [-0.1, -0.05) is 30.3 Å². The highest BCUT2D eigenvalue weighted by Gasteiger charge is 2.20. The van der Waals surface area contributed by atoms with Crippen molar-refractivity contribution < 1.29 is 14.6 Å². The molecule has 0 aliphatic carbocycles. The normalized spacial score (nSPS) is 14.3. The average molecular weight is 490 g/mol. The SMILES string of the molecule is O=C(CCN1CCN(Cc2ccccc2)CC1)c1ccc(Nc2ccc([N+](=O)[O-])cc2[N+](=O)[O-])cc1. The number of rotatable bonds is 10. The van der Waals surface area contributed by atoms with Crippen LogP contribution in [-0.4, -0.2) is 58.2 Å². The summed E-state index contributed by atoms with van der Waals surface area (Å²) >= 11 is 0. The van der Waals surface area contributed by atoms with Crippen molar-refractivity contribution in [3.63, 3.8) is 0 Å². The summed E-state index contributed by atoms with van der Waals surface area (Å²) in [5, 5.41) is 25.1. The predicted octanol–water partition coefficient (Wildman–Crippen LogP) is 4.64. The highest BCUT2D eigenvalue weighted by molar-refractivity contribution is 5.96. The third-order valence-corrected chi connectivity index (χ3v) is 6.24. The van der Waals surface area contributed by atoms with Gasteiger partial charge in [0.15, 0.2) is 5.78 Å². The van der Waals surface area contributed by atoms with Gasteiger partial charge in [0.05, 0.1) is 15.9 Å². The van der Waals surface area contributed by atoms with Gasteiger partial charge in [-0.15, -0.1) is 0 Å². The number of carbonyl (C=O) groups is 1. The molecule has 0 bridgehead atoms. The minimum atomic E-state index is -0.679. The molecule has 0 saturated carbocycles. The van der Waals surface area contributed by atoms with Gasteiger partial charge in [-0.25, -0.2) is 0 Å². The van der Waals surface area contributed by atoms with Gasteiger partial charge in [0.25, 0.3) is 11.4 Å². The molecule has 186 valence electrons. The largest absolute Gasteiger partial charge is 0.350 e. The Labute approximate surface area is 208 Å². The Bertz CT molecular complexity index is 1230. The fourth-order valence-electron chi connectivity index (χ4n) is 4.20. The molecule has 0 aromatic heterocycles. The van der Waals surface area contributed by atoms with Crippen LogP contribution in [0.25, 0.3) is 0 Å². The van der Waals surface area contributed by atoms with Crippen molar-refractivity contribution in [2.24, 2.45) is 0 Å². The molecule has 4 rings (SSSR count). The maximum absolute atomic E-state index is 12.7. The van der Waals surface area contributed by atoms with Crippen molar-refractivity contribution in [2.45, 2.75) is 13.0 Å². The Kier molecular flexibility index (Phi) is 7.99. The number of nitro groups is 2. The van der Waals surface area contributed by atoms with Crippen molar-refractivity contribution in [3.8, 4) is 0 Å². The molecule has 1 aliphatic rings. The number of hydrogen-bond donors (Lipinski definition) is 1. The van der Waals surface area contributed by atoms with Gasteiger partial charge in [-0.3, -0.25) is 29.9 Å². The second-order valence-corrected chi connectivity index (χ2v) is 8.69. The lowest BCUT2D eigenvalue weighted by Crippen LogP contribution is -2.46. The quantitative estimate of drug-likeness (QED) is 0.248. The summed E-state index contributed by atoms with van der Waals surface area (Å²) in [6.45, 7) is 5.44. The number of nitro benzene ring substituents is 2. The summed E-state index contributed by atoms with van der Waals surface area (Å²) < 4.78 is 0. The van der Waals surface area contributed by atoms with Crippen LogP contribution in [-0.2, 0) is 6.54 Å². The summed E-state index contributed by atoms with van der Waals surface area (Å²) in [6.07, 6.45) is 0.416. The van der Waals surface area contributed by atoms with E-state index in [0.29, 0.717) is 24.2 Å². The molecule has 10 nitrogen and oxygen atoms in total. The van der Waals surface area contributed by atoms with E-state index in [-0.39, 0.29) is 17.2 Å². The van der Waals surface area contributed by atoms with Crippen molar-refractivity contribution in [1.82, 2.24) is 9.80 Å². The first-order chi connectivity index (χ1) is 17.4. The third kappa shape index (κ3) is 6.49. The van der Waals surface area contributed by atoms with Gasteiger partial charge in [0.1, 0.15) is 5.69 Å². The number of hydrogen-bond acceptors (Lipinski definition) is 8. The number of nitrogens with one attached hydrogen (secondary N) is 1. The summed E-state index contributed by atoms with van der Waals surface area (Å²) in [5.74, 6) is 0.0366. The van der Waals surface area contributed by atoms with Crippen LogP contribution in [0.4, 0.5) is 22.7 Å². The van der Waals surface area contributed by atoms with Crippen LogP contribution in [0.3, 0.4) is 0 Å². The molecule has 3 aromatic rings. The zero-order chi connectivity index (χ0) is 25.5. The van der Waals surface area contributed by atoms with E-state index in [4.69, 9.17) is 0 Å². The summed E-state index contributed by atoms with van der Waals surface area (Å²) in [7, 11) is 0. The van der Waals surface area contributed by atoms with Crippen molar-refractivity contribution in [1.29, 1.82) is 0 Å². The monoisotopic (exact) mass is 489 g/mol. The molecular formula is C26H27N5O5. The molecule has 1 heterocycles. The summed E-state index contributed by atoms with van der Waals surface area (Å²) in [6, 6.07) is 20.5. The van der Waals surface area contributed by atoms with Crippen LogP contribution >= 0.6 is 0 Å². The molecule has 1 N–H and O–H groups in total. The molecule has 0 atom stereocenters. The summed E-state index contributed by atoms with van der Waals surface area (Å²) in [5.41, 5.74) is 1.80. The van der Waals surface area contributed by atoms with E-state index >= 15 is 0 Å². The summed E-state index contributed by atoms with van der Waals surface area (Å²) in [4.78, 5) is 38.3. The molecule has 0 radical (unpaired) electrons. The third-order valence-electron chi connectivity index (χ3n) is 6.24. The number of nitrogens with zero attached hydrogens (tertiary/aromatic N) is 4. The fraction of sp³-hybridized carbons (Fsp3) is 0.269. The van der Waals surface area contributed by atoms with Gasteiger partial charge in [-0.2, -0.15) is 0 Å². The lowest BCUT2D eigenvalue weighted by Gasteiger charge is -2.34. The van der Waals surface area contributed by atoms with Crippen LogP contribution in [0.15, 0.2) is 72.8 Å². The second-order valence-electron chi connectivity index (χ2n) is 8.69. The van der Waals surface area contributed by atoms with Crippen molar-refractivity contribution in [2.75, 3.05) is 38.0 Å². The van der Waals surface area contributed by atoms with Gasteiger partial charge in [0.2, 0.25) is 0 Å². The average Bonchev–Trinajstić information content (AvgIpc) is 2.89. The first-order valence-electron chi connectivity index (χ1n) is 11.7. The molecule has 10 heteroatoms. The standard InChI is InChI=1S/C26H27N5O5/c32-26(12-13-28-14-16-29(17-15-28)19-20-4-2-1-3-5-20)21-6-8-22(9-7-21)27-24-11-10-23(30(33)34)18-25(24)31(35)36/h1-11,18,27H,12-17,19H2. The smallest absolute Gasteiger partial charge is 0.299 e. The Morgan fingerprint density at radius 1 is 0.833 bits per heavy atom. The van der Waals surface area contributed by atoms with Crippen molar-refractivity contribution >= 4 is 28.5 Å². The fourth-order valence-corrected chi connectivity index (χ4v) is 4.20. The highest BCUT2D eigenvalue weighted by Crippen LogP contribution is 2.31. The number of carbonyl (C=O) groups excluding carboxylic acids is 1. The Morgan fingerprint density at radius 3 is 2.14 bits per heavy atom. The first kappa shape index (κ1) is 25.0. The second kappa shape index (κ2) is 11.5. The number of non-ortho nitro benzene ring substituents is 1. The van der Waals surface area contributed by atoms with Gasteiger partial charge < -0.3 is 10.2 Å². The number of piperazine rings is 1. The predicted molar refractivity (Wildman–Crippen MR) is 137 cm³/mol. The number of Topliss-reactive ketones (excluding diaryl/α,β-unsaturated/α-hetero) is 1. The van der Waals surface area contributed by atoms with Crippen LogP contribution in [0.5, 0.6) is 0 Å². The van der Waals surface area contributed by atoms with E-state index in [0.717, 1.165) is 38.8 Å². The van der Waals surface area contributed by atoms with Crippen LogP contribution in [0.1, 0.15) is 22.3 Å². The maximum atomic E-state index is 12.7. The Hall–Kier alpha value is -4.15. The van der Waals surface area contributed by atoms with Crippen LogP contribution in [0, 0.1) is 20.2 Å². The molecule has 1 fully saturated rings. The number of anilines is 2. The van der Waals surface area contributed by atoms with E-state index in [1.165, 1.54) is 17.7 Å². The number of ketones is 1. The molecule has 3 aromatic carbocycles. The molecule has 36 heavy (non-hydrogen) atoms. The highest BCUT2D eigenvalue weighted by atomic mass is 16.6. The first-order valence-corrected chi connectivity index (χ1v) is 11.7. The molecule has 0 amide bonds. The minimum absolute atomic E-state index is 0.0366. The Balaban J connectivity index is 1.27. The van der Waals surface area contributed by atoms with Crippen molar-refractivity contribution in [3.05, 3.63) is 104 Å². The van der Waals surface area contributed by atoms with E-state index in [2.05, 4.69) is 39.4 Å². The molecule has 1 aliphatic heterocycles. The zero-order valence-corrected chi connectivity index (χ0v) is 19.7. The topological polar surface area (TPSA) is 122 Å². The Morgan fingerprint density at radius 2 is 1.50 bits per heavy atom. The zero-order valence-electron chi connectivity index (χ0n) is 19.7. The van der Waals surface area contributed by atoms with Crippen LogP contribution < -0.4 is 5.32 Å². The molecule has 1 saturated heterocycles. The molecule has 0 unspecified atom stereocenters. The molecular weight excluding hydrogens is 462 g/mol. The van der Waals surface area contributed by atoms with Gasteiger partial charge in [-0.05, 0) is 35.9 Å².